The number of anilines is 2. The van der Waals surface area contributed by atoms with E-state index in [4.69, 9.17) is 10.5 Å². The number of thioether (sulfide) groups is 1. The molecule has 3 nitrogen and oxygen atoms in total. The van der Waals surface area contributed by atoms with Crippen molar-refractivity contribution < 1.29 is 4.74 Å². The SMILES string of the molecule is CCCOc1cccc(NCC2(SC)CCCC2)c1N. The zero-order valence-electron chi connectivity index (χ0n) is 12.6. The fraction of sp³-hybridized carbons (Fsp3) is 0.625. The van der Waals surface area contributed by atoms with Crippen molar-refractivity contribution in [3.8, 4) is 5.75 Å². The largest absolute Gasteiger partial charge is 0.491 e. The number of nitrogens with two attached hydrogens (primary N) is 1. The number of hydrogen-bond donors (Lipinski definition) is 2. The Morgan fingerprint density at radius 3 is 2.75 bits per heavy atom. The first-order valence-corrected chi connectivity index (χ1v) is 8.73. The molecule has 0 aliphatic heterocycles. The van der Waals surface area contributed by atoms with E-state index in [1.54, 1.807) is 0 Å². The van der Waals surface area contributed by atoms with E-state index in [9.17, 15) is 0 Å². The van der Waals surface area contributed by atoms with Gasteiger partial charge in [-0.25, -0.2) is 0 Å². The van der Waals surface area contributed by atoms with E-state index in [0.29, 0.717) is 11.4 Å². The van der Waals surface area contributed by atoms with Crippen LogP contribution in [-0.4, -0.2) is 24.2 Å². The normalized spacial score (nSPS) is 17.1. The summed E-state index contributed by atoms with van der Waals surface area (Å²) >= 11 is 1.99. The molecule has 4 heteroatoms. The zero-order valence-corrected chi connectivity index (χ0v) is 13.4. The van der Waals surface area contributed by atoms with Crippen LogP contribution < -0.4 is 15.8 Å². The smallest absolute Gasteiger partial charge is 0.144 e. The molecule has 0 saturated heterocycles. The van der Waals surface area contributed by atoms with Crippen molar-refractivity contribution in [2.24, 2.45) is 0 Å². The Kier molecular flexibility index (Phi) is 5.46. The Hall–Kier alpha value is -1.03. The van der Waals surface area contributed by atoms with Gasteiger partial charge in [0.15, 0.2) is 0 Å². The topological polar surface area (TPSA) is 47.3 Å². The molecule has 0 aromatic heterocycles. The minimum Gasteiger partial charge on any atom is -0.491 e. The average molecular weight is 294 g/mol. The molecule has 112 valence electrons. The number of hydrogen-bond acceptors (Lipinski definition) is 4. The first-order chi connectivity index (χ1) is 9.71. The quantitative estimate of drug-likeness (QED) is 0.742. The minimum absolute atomic E-state index is 0.382. The van der Waals surface area contributed by atoms with Gasteiger partial charge < -0.3 is 15.8 Å². The maximum atomic E-state index is 6.20. The molecule has 1 fully saturated rings. The van der Waals surface area contributed by atoms with Crippen molar-refractivity contribution in [3.05, 3.63) is 18.2 Å². The Morgan fingerprint density at radius 1 is 1.35 bits per heavy atom. The maximum absolute atomic E-state index is 6.20. The molecule has 3 N–H and O–H groups in total. The predicted molar refractivity (Wildman–Crippen MR) is 89.8 cm³/mol. The van der Waals surface area contributed by atoms with E-state index in [-0.39, 0.29) is 0 Å². The van der Waals surface area contributed by atoms with Gasteiger partial charge in [0.2, 0.25) is 0 Å². The molecule has 0 heterocycles. The number of nitrogens with one attached hydrogen (secondary N) is 1. The fourth-order valence-electron chi connectivity index (χ4n) is 2.76. The second-order valence-corrected chi connectivity index (χ2v) is 6.79. The molecular formula is C16H26N2OS. The van der Waals surface area contributed by atoms with Crippen LogP contribution in [0.1, 0.15) is 39.0 Å². The van der Waals surface area contributed by atoms with E-state index < -0.39 is 0 Å². The Morgan fingerprint density at radius 2 is 2.10 bits per heavy atom. The van der Waals surface area contributed by atoms with Crippen molar-refractivity contribution in [2.45, 2.75) is 43.8 Å². The lowest BCUT2D eigenvalue weighted by atomic mass is 10.1. The highest BCUT2D eigenvalue weighted by atomic mass is 32.2. The van der Waals surface area contributed by atoms with Crippen LogP contribution in [-0.2, 0) is 0 Å². The number of rotatable bonds is 7. The number of ether oxygens (including phenoxy) is 1. The van der Waals surface area contributed by atoms with E-state index in [1.165, 1.54) is 25.7 Å². The summed E-state index contributed by atoms with van der Waals surface area (Å²) in [6.45, 7) is 3.79. The number of para-hydroxylation sites is 1. The van der Waals surface area contributed by atoms with Gasteiger partial charge in [0, 0.05) is 11.3 Å². The van der Waals surface area contributed by atoms with Gasteiger partial charge in [0.25, 0.3) is 0 Å². The summed E-state index contributed by atoms with van der Waals surface area (Å²) in [7, 11) is 0. The summed E-state index contributed by atoms with van der Waals surface area (Å²) in [6, 6.07) is 5.98. The van der Waals surface area contributed by atoms with E-state index in [2.05, 4.69) is 18.5 Å². The third kappa shape index (κ3) is 3.54. The molecule has 0 radical (unpaired) electrons. The standard InChI is InChI=1S/C16H26N2OS/c1-3-11-19-14-8-6-7-13(15(14)17)18-12-16(20-2)9-4-5-10-16/h6-8,18H,3-5,9-12,17H2,1-2H3. The van der Waals surface area contributed by atoms with Gasteiger partial charge in [-0.15, -0.1) is 0 Å². The van der Waals surface area contributed by atoms with Crippen LogP contribution in [0.15, 0.2) is 18.2 Å². The summed E-state index contributed by atoms with van der Waals surface area (Å²) in [6.07, 6.45) is 8.50. The van der Waals surface area contributed by atoms with Gasteiger partial charge in [0.1, 0.15) is 5.75 Å². The van der Waals surface area contributed by atoms with Gasteiger partial charge in [-0.05, 0) is 37.7 Å². The highest BCUT2D eigenvalue weighted by Gasteiger charge is 2.32. The highest BCUT2D eigenvalue weighted by Crippen LogP contribution is 2.41. The minimum atomic E-state index is 0.382. The van der Waals surface area contributed by atoms with Crippen molar-refractivity contribution >= 4 is 23.1 Å². The lowest BCUT2D eigenvalue weighted by Gasteiger charge is -2.28. The maximum Gasteiger partial charge on any atom is 0.144 e. The summed E-state index contributed by atoms with van der Waals surface area (Å²) in [4.78, 5) is 0. The highest BCUT2D eigenvalue weighted by molar-refractivity contribution is 8.00. The second-order valence-electron chi connectivity index (χ2n) is 5.51. The molecule has 1 aliphatic carbocycles. The Bertz CT molecular complexity index is 430. The van der Waals surface area contributed by atoms with Crippen LogP contribution in [0.3, 0.4) is 0 Å². The second kappa shape index (κ2) is 7.11. The molecule has 0 amide bonds. The van der Waals surface area contributed by atoms with E-state index in [0.717, 1.165) is 30.1 Å². The van der Waals surface area contributed by atoms with Crippen LogP contribution in [0.2, 0.25) is 0 Å². The lowest BCUT2D eigenvalue weighted by molar-refractivity contribution is 0.319. The van der Waals surface area contributed by atoms with Crippen LogP contribution >= 0.6 is 11.8 Å². The molecule has 1 aromatic carbocycles. The van der Waals surface area contributed by atoms with Gasteiger partial charge in [0.05, 0.1) is 18.0 Å². The fourth-order valence-corrected chi connectivity index (χ4v) is 3.68. The predicted octanol–water partition coefficient (Wildman–Crippen LogP) is 4.15. The third-order valence-corrected chi connectivity index (χ3v) is 5.50. The lowest BCUT2D eigenvalue weighted by Crippen LogP contribution is -2.30. The van der Waals surface area contributed by atoms with Crippen LogP contribution in [0.4, 0.5) is 11.4 Å². The van der Waals surface area contributed by atoms with Crippen LogP contribution in [0, 0.1) is 0 Å². The first kappa shape index (κ1) is 15.4. The Balaban J connectivity index is 2.02. The van der Waals surface area contributed by atoms with Crippen molar-refractivity contribution in [2.75, 3.05) is 30.5 Å². The number of benzene rings is 1. The number of nitrogen functional groups attached to an aromatic ring is 1. The summed E-state index contributed by atoms with van der Waals surface area (Å²) in [5.41, 5.74) is 7.93. The van der Waals surface area contributed by atoms with Gasteiger partial charge >= 0.3 is 0 Å². The average Bonchev–Trinajstić information content (AvgIpc) is 2.94. The summed E-state index contributed by atoms with van der Waals surface area (Å²) < 4.78 is 6.06. The molecule has 2 rings (SSSR count). The third-order valence-electron chi connectivity index (χ3n) is 4.08. The first-order valence-electron chi connectivity index (χ1n) is 7.51. The molecule has 0 unspecified atom stereocenters. The molecule has 20 heavy (non-hydrogen) atoms. The monoisotopic (exact) mass is 294 g/mol. The molecule has 1 aliphatic rings. The van der Waals surface area contributed by atoms with Crippen molar-refractivity contribution in [1.29, 1.82) is 0 Å². The van der Waals surface area contributed by atoms with E-state index >= 15 is 0 Å². The molecular weight excluding hydrogens is 268 g/mol. The molecule has 1 saturated carbocycles. The molecule has 0 atom stereocenters. The molecule has 1 aromatic rings. The van der Waals surface area contributed by atoms with E-state index in [1.807, 2.05) is 30.0 Å². The van der Waals surface area contributed by atoms with Gasteiger partial charge in [-0.3, -0.25) is 0 Å². The Labute approximate surface area is 126 Å². The summed E-state index contributed by atoms with van der Waals surface area (Å²) in [5.74, 6) is 0.793. The van der Waals surface area contributed by atoms with Crippen molar-refractivity contribution in [1.82, 2.24) is 0 Å². The van der Waals surface area contributed by atoms with Crippen LogP contribution in [0.25, 0.3) is 0 Å². The van der Waals surface area contributed by atoms with Gasteiger partial charge in [-0.2, -0.15) is 11.8 Å². The van der Waals surface area contributed by atoms with Crippen molar-refractivity contribution in [3.63, 3.8) is 0 Å². The summed E-state index contributed by atoms with van der Waals surface area (Å²) in [5, 5.41) is 3.54. The molecule has 0 spiro atoms. The van der Waals surface area contributed by atoms with Crippen LogP contribution in [0.5, 0.6) is 5.75 Å². The van der Waals surface area contributed by atoms with Gasteiger partial charge in [-0.1, -0.05) is 25.8 Å². The zero-order chi connectivity index (χ0) is 14.4. The molecule has 0 bridgehead atoms.